The topological polar surface area (TPSA) is 69.7 Å². The van der Waals surface area contributed by atoms with Crippen molar-refractivity contribution in [2.45, 2.75) is 6.92 Å². The van der Waals surface area contributed by atoms with Gasteiger partial charge in [0.1, 0.15) is 12.2 Å². The molecule has 0 amide bonds. The number of imidazole rings is 1. The molecule has 0 atom stereocenters. The summed E-state index contributed by atoms with van der Waals surface area (Å²) in [6.45, 7) is 5.86. The first-order valence-corrected chi connectivity index (χ1v) is 5.47. The molecule has 2 N–H and O–H groups in total. The van der Waals surface area contributed by atoms with Gasteiger partial charge < -0.3 is 15.2 Å². The number of H-pyrrole nitrogens is 1. The van der Waals surface area contributed by atoms with Crippen molar-refractivity contribution in [3.05, 3.63) is 12.2 Å². The number of aromatic amines is 1. The monoisotopic (exact) mass is 290 g/mol. The summed E-state index contributed by atoms with van der Waals surface area (Å²) in [5.41, 5.74) is 1.70. The first-order chi connectivity index (χ1) is 7.84. The Morgan fingerprint density at radius 1 is 1.17 bits per heavy atom. The second-order valence-electron chi connectivity index (χ2n) is 3.95. The van der Waals surface area contributed by atoms with E-state index in [9.17, 15) is 0 Å². The van der Waals surface area contributed by atoms with Crippen molar-refractivity contribution in [2.75, 3.05) is 31.1 Å². The van der Waals surface area contributed by atoms with E-state index in [1.54, 1.807) is 6.33 Å². The molecule has 1 aliphatic heterocycles. The number of halogens is 2. The van der Waals surface area contributed by atoms with Gasteiger partial charge in [0, 0.05) is 26.2 Å². The summed E-state index contributed by atoms with van der Waals surface area (Å²) in [5.74, 6) is 1.82. The second kappa shape index (κ2) is 6.17. The van der Waals surface area contributed by atoms with Gasteiger partial charge in [-0.3, -0.25) is 0 Å². The lowest BCUT2D eigenvalue weighted by atomic mass is 10.3. The van der Waals surface area contributed by atoms with Gasteiger partial charge in [-0.1, -0.05) is 0 Å². The minimum absolute atomic E-state index is 0. The van der Waals surface area contributed by atoms with Crippen molar-refractivity contribution >= 4 is 41.8 Å². The van der Waals surface area contributed by atoms with E-state index in [1.165, 1.54) is 0 Å². The van der Waals surface area contributed by atoms with Crippen LogP contribution in [0.25, 0.3) is 11.2 Å². The van der Waals surface area contributed by atoms with Gasteiger partial charge in [-0.2, -0.15) is 0 Å². The number of fused-ring (bicyclic) bond motifs is 1. The second-order valence-corrected chi connectivity index (χ2v) is 3.95. The lowest BCUT2D eigenvalue weighted by molar-refractivity contribution is 0.586. The van der Waals surface area contributed by atoms with Gasteiger partial charge in [0.25, 0.3) is 0 Å². The molecule has 8 heteroatoms. The SMILES string of the molecule is Cc1nc2c(N3CCNCC3)ncnc2[nH]1.Cl.Cl. The minimum Gasteiger partial charge on any atom is -0.352 e. The number of rotatable bonds is 1. The molecule has 3 rings (SSSR count). The summed E-state index contributed by atoms with van der Waals surface area (Å²) < 4.78 is 0. The fourth-order valence-electron chi connectivity index (χ4n) is 2.04. The third kappa shape index (κ3) is 2.66. The molecule has 1 saturated heterocycles. The highest BCUT2D eigenvalue weighted by molar-refractivity contribution is 5.85. The van der Waals surface area contributed by atoms with Crippen LogP contribution in [0.15, 0.2) is 6.33 Å². The standard InChI is InChI=1S/C10H14N6.2ClH/c1-7-14-8-9(15-7)12-6-13-10(8)16-4-2-11-3-5-16;;/h6,11H,2-5H2,1H3,(H,12,13,14,15);2*1H. The summed E-state index contributed by atoms with van der Waals surface area (Å²) in [6.07, 6.45) is 1.59. The van der Waals surface area contributed by atoms with Crippen LogP contribution in [-0.4, -0.2) is 46.1 Å². The first kappa shape index (κ1) is 14.9. The van der Waals surface area contributed by atoms with E-state index in [2.05, 4.69) is 30.2 Å². The number of piperazine rings is 1. The summed E-state index contributed by atoms with van der Waals surface area (Å²) >= 11 is 0. The van der Waals surface area contributed by atoms with Crippen LogP contribution < -0.4 is 10.2 Å². The van der Waals surface area contributed by atoms with Gasteiger partial charge in [0.05, 0.1) is 0 Å². The van der Waals surface area contributed by atoms with Crippen LogP contribution in [0.4, 0.5) is 5.82 Å². The normalized spacial score (nSPS) is 15.1. The van der Waals surface area contributed by atoms with Crippen molar-refractivity contribution in [1.82, 2.24) is 25.3 Å². The molecule has 2 aromatic rings. The van der Waals surface area contributed by atoms with Crippen LogP contribution in [0.1, 0.15) is 5.82 Å². The lowest BCUT2D eigenvalue weighted by Gasteiger charge is -2.28. The Morgan fingerprint density at radius 3 is 2.61 bits per heavy atom. The molecular formula is C10H16Cl2N6. The molecular weight excluding hydrogens is 275 g/mol. The molecule has 0 bridgehead atoms. The summed E-state index contributed by atoms with van der Waals surface area (Å²) in [4.78, 5) is 18.4. The molecule has 0 unspecified atom stereocenters. The van der Waals surface area contributed by atoms with Crippen LogP contribution in [0.2, 0.25) is 0 Å². The van der Waals surface area contributed by atoms with Crippen LogP contribution in [-0.2, 0) is 0 Å². The molecule has 18 heavy (non-hydrogen) atoms. The molecule has 2 aromatic heterocycles. The number of nitrogens with zero attached hydrogens (tertiary/aromatic N) is 4. The molecule has 6 nitrogen and oxygen atoms in total. The van der Waals surface area contributed by atoms with E-state index in [0.717, 1.165) is 49.0 Å². The number of anilines is 1. The molecule has 1 fully saturated rings. The van der Waals surface area contributed by atoms with E-state index >= 15 is 0 Å². The van der Waals surface area contributed by atoms with Gasteiger partial charge >= 0.3 is 0 Å². The Labute approximate surface area is 117 Å². The zero-order valence-corrected chi connectivity index (χ0v) is 11.6. The maximum Gasteiger partial charge on any atom is 0.163 e. The van der Waals surface area contributed by atoms with Crippen molar-refractivity contribution in [1.29, 1.82) is 0 Å². The van der Waals surface area contributed by atoms with Gasteiger partial charge in [0.2, 0.25) is 0 Å². The maximum absolute atomic E-state index is 4.45. The smallest absolute Gasteiger partial charge is 0.163 e. The molecule has 0 spiro atoms. The minimum atomic E-state index is 0. The quantitative estimate of drug-likeness (QED) is 0.817. The van der Waals surface area contributed by atoms with Gasteiger partial charge in [0.15, 0.2) is 17.0 Å². The number of hydrogen-bond donors (Lipinski definition) is 2. The fraction of sp³-hybridized carbons (Fsp3) is 0.500. The summed E-state index contributed by atoms with van der Waals surface area (Å²) in [6, 6.07) is 0. The van der Waals surface area contributed by atoms with Crippen molar-refractivity contribution in [2.24, 2.45) is 0 Å². The van der Waals surface area contributed by atoms with Crippen molar-refractivity contribution in [3.8, 4) is 0 Å². The average molecular weight is 291 g/mol. The van der Waals surface area contributed by atoms with Gasteiger partial charge in [-0.05, 0) is 6.92 Å². The number of aromatic nitrogens is 4. The lowest BCUT2D eigenvalue weighted by Crippen LogP contribution is -2.44. The van der Waals surface area contributed by atoms with E-state index < -0.39 is 0 Å². The molecule has 1 aliphatic rings. The Hall–Kier alpha value is -1.11. The highest BCUT2D eigenvalue weighted by atomic mass is 35.5. The van der Waals surface area contributed by atoms with Crippen LogP contribution in [0.5, 0.6) is 0 Å². The van der Waals surface area contributed by atoms with Gasteiger partial charge in [-0.15, -0.1) is 24.8 Å². The van der Waals surface area contributed by atoms with Crippen LogP contribution >= 0.6 is 24.8 Å². The highest BCUT2D eigenvalue weighted by Crippen LogP contribution is 2.20. The summed E-state index contributed by atoms with van der Waals surface area (Å²) in [5, 5.41) is 3.32. The fourth-order valence-corrected chi connectivity index (χ4v) is 2.04. The average Bonchev–Trinajstić information content (AvgIpc) is 2.70. The number of hydrogen-bond acceptors (Lipinski definition) is 5. The zero-order chi connectivity index (χ0) is 11.0. The molecule has 0 aromatic carbocycles. The zero-order valence-electron chi connectivity index (χ0n) is 10.0. The Balaban J connectivity index is 0.000000810. The van der Waals surface area contributed by atoms with Crippen molar-refractivity contribution in [3.63, 3.8) is 0 Å². The van der Waals surface area contributed by atoms with Gasteiger partial charge in [-0.25, -0.2) is 15.0 Å². The van der Waals surface area contributed by atoms with E-state index in [0.29, 0.717) is 0 Å². The highest BCUT2D eigenvalue weighted by Gasteiger charge is 2.16. The number of aryl methyl sites for hydroxylation is 1. The first-order valence-electron chi connectivity index (χ1n) is 5.47. The largest absolute Gasteiger partial charge is 0.352 e. The Kier molecular flexibility index (Phi) is 5.13. The van der Waals surface area contributed by atoms with E-state index in [4.69, 9.17) is 0 Å². The van der Waals surface area contributed by atoms with Crippen LogP contribution in [0.3, 0.4) is 0 Å². The third-order valence-corrected chi connectivity index (χ3v) is 2.80. The molecule has 0 saturated carbocycles. The molecule has 100 valence electrons. The summed E-state index contributed by atoms with van der Waals surface area (Å²) in [7, 11) is 0. The van der Waals surface area contributed by atoms with Crippen molar-refractivity contribution < 1.29 is 0 Å². The third-order valence-electron chi connectivity index (χ3n) is 2.80. The van der Waals surface area contributed by atoms with E-state index in [-0.39, 0.29) is 24.8 Å². The molecule has 3 heterocycles. The Morgan fingerprint density at radius 2 is 1.89 bits per heavy atom. The van der Waals surface area contributed by atoms with E-state index in [1.807, 2.05) is 6.92 Å². The predicted molar refractivity (Wildman–Crippen MR) is 76.0 cm³/mol. The number of nitrogens with one attached hydrogen (secondary N) is 2. The molecule has 0 radical (unpaired) electrons. The molecule has 0 aliphatic carbocycles. The van der Waals surface area contributed by atoms with Crippen LogP contribution in [0, 0.1) is 6.92 Å². The maximum atomic E-state index is 4.45. The Bertz CT molecular complexity index is 508. The predicted octanol–water partition coefficient (Wildman–Crippen LogP) is 0.915.